The number of aryl methyl sites for hydroxylation is 2. The Morgan fingerprint density at radius 1 is 1.03 bits per heavy atom. The summed E-state index contributed by atoms with van der Waals surface area (Å²) in [7, 11) is 4.83. The van der Waals surface area contributed by atoms with E-state index in [-0.39, 0.29) is 0 Å². The van der Waals surface area contributed by atoms with E-state index >= 15 is 0 Å². The van der Waals surface area contributed by atoms with Gasteiger partial charge >= 0.3 is 0 Å². The molecule has 0 saturated heterocycles. The lowest BCUT2D eigenvalue weighted by Gasteiger charge is -2.14. The summed E-state index contributed by atoms with van der Waals surface area (Å²) in [6.45, 7) is 5.19. The third-order valence-corrected chi connectivity index (χ3v) is 5.54. The SMILES string of the molecule is CCNC(=NCc1cc(OC)c(OC)c(OC)c1)NCCCc1nnc2n1CCCCC2. The highest BCUT2D eigenvalue weighted by Crippen LogP contribution is 2.38. The van der Waals surface area contributed by atoms with E-state index in [2.05, 4.69) is 32.3 Å². The first-order valence-corrected chi connectivity index (χ1v) is 11.4. The van der Waals surface area contributed by atoms with Gasteiger partial charge in [0.1, 0.15) is 11.6 Å². The van der Waals surface area contributed by atoms with Crippen LogP contribution in [0.25, 0.3) is 0 Å². The Kier molecular flexibility index (Phi) is 9.01. The fourth-order valence-electron chi connectivity index (χ4n) is 3.92. The third kappa shape index (κ3) is 6.05. The molecule has 9 nitrogen and oxygen atoms in total. The molecule has 32 heavy (non-hydrogen) atoms. The van der Waals surface area contributed by atoms with E-state index in [9.17, 15) is 0 Å². The van der Waals surface area contributed by atoms with Crippen molar-refractivity contribution < 1.29 is 14.2 Å². The summed E-state index contributed by atoms with van der Waals surface area (Å²) in [6.07, 6.45) is 6.63. The van der Waals surface area contributed by atoms with Gasteiger partial charge in [0.15, 0.2) is 17.5 Å². The number of methoxy groups -OCH3 is 3. The largest absolute Gasteiger partial charge is 0.493 e. The Morgan fingerprint density at radius 2 is 1.81 bits per heavy atom. The van der Waals surface area contributed by atoms with Crippen molar-refractivity contribution in [3.05, 3.63) is 29.3 Å². The lowest BCUT2D eigenvalue weighted by atomic mass is 10.2. The molecule has 2 heterocycles. The van der Waals surface area contributed by atoms with Crippen LogP contribution in [0.4, 0.5) is 0 Å². The van der Waals surface area contributed by atoms with Gasteiger partial charge < -0.3 is 29.4 Å². The normalized spacial score (nSPS) is 13.8. The number of hydrogen-bond donors (Lipinski definition) is 2. The lowest BCUT2D eigenvalue weighted by Crippen LogP contribution is -2.37. The zero-order valence-electron chi connectivity index (χ0n) is 19.7. The summed E-state index contributed by atoms with van der Waals surface area (Å²) in [4.78, 5) is 4.72. The fraction of sp³-hybridized carbons (Fsp3) is 0.609. The van der Waals surface area contributed by atoms with Crippen LogP contribution in [0.1, 0.15) is 49.8 Å². The summed E-state index contributed by atoms with van der Waals surface area (Å²) < 4.78 is 18.6. The number of ether oxygens (including phenoxy) is 3. The predicted molar refractivity (Wildman–Crippen MR) is 125 cm³/mol. The maximum Gasteiger partial charge on any atom is 0.203 e. The molecule has 176 valence electrons. The van der Waals surface area contributed by atoms with E-state index in [1.807, 2.05) is 12.1 Å². The van der Waals surface area contributed by atoms with Gasteiger partial charge in [-0.15, -0.1) is 10.2 Å². The molecule has 1 aliphatic heterocycles. The van der Waals surface area contributed by atoms with E-state index in [0.717, 1.165) is 62.1 Å². The molecule has 0 spiro atoms. The molecule has 0 radical (unpaired) electrons. The maximum absolute atomic E-state index is 5.44. The van der Waals surface area contributed by atoms with Crippen LogP contribution in [0.3, 0.4) is 0 Å². The quantitative estimate of drug-likeness (QED) is 0.330. The minimum atomic E-state index is 0.490. The number of rotatable bonds is 10. The number of nitrogens with zero attached hydrogens (tertiary/aromatic N) is 4. The van der Waals surface area contributed by atoms with Gasteiger partial charge in [0.05, 0.1) is 27.9 Å². The van der Waals surface area contributed by atoms with Crippen LogP contribution < -0.4 is 24.8 Å². The van der Waals surface area contributed by atoms with Crippen molar-refractivity contribution in [2.45, 2.75) is 58.5 Å². The highest BCUT2D eigenvalue weighted by atomic mass is 16.5. The Hall–Kier alpha value is -2.97. The smallest absolute Gasteiger partial charge is 0.203 e. The monoisotopic (exact) mass is 444 g/mol. The number of fused-ring (bicyclic) bond motifs is 1. The topological polar surface area (TPSA) is 94.8 Å². The van der Waals surface area contributed by atoms with Crippen LogP contribution in [0, 0.1) is 0 Å². The molecule has 0 atom stereocenters. The summed E-state index contributed by atoms with van der Waals surface area (Å²) in [6, 6.07) is 3.84. The van der Waals surface area contributed by atoms with Crippen LogP contribution in [-0.4, -0.2) is 55.1 Å². The number of nitrogens with one attached hydrogen (secondary N) is 2. The minimum Gasteiger partial charge on any atom is -0.493 e. The van der Waals surface area contributed by atoms with E-state index in [0.29, 0.717) is 23.8 Å². The Morgan fingerprint density at radius 3 is 2.50 bits per heavy atom. The van der Waals surface area contributed by atoms with Crippen LogP contribution in [0.15, 0.2) is 17.1 Å². The van der Waals surface area contributed by atoms with Gasteiger partial charge in [0, 0.05) is 32.5 Å². The first-order valence-electron chi connectivity index (χ1n) is 11.4. The zero-order valence-corrected chi connectivity index (χ0v) is 19.7. The van der Waals surface area contributed by atoms with Gasteiger partial charge in [-0.05, 0) is 43.9 Å². The van der Waals surface area contributed by atoms with Gasteiger partial charge in [-0.3, -0.25) is 0 Å². The van der Waals surface area contributed by atoms with Crippen LogP contribution in [0.5, 0.6) is 17.2 Å². The lowest BCUT2D eigenvalue weighted by molar-refractivity contribution is 0.324. The second-order valence-corrected chi connectivity index (χ2v) is 7.75. The standard InChI is InChI=1S/C23H36N6O3/c1-5-24-23(26-16-17-14-18(30-2)22(32-4)19(15-17)31-3)25-12-9-11-21-28-27-20-10-7-6-8-13-29(20)21/h14-15H,5-13,16H2,1-4H3,(H2,24,25,26). The molecule has 0 bridgehead atoms. The number of benzene rings is 1. The number of hydrogen-bond acceptors (Lipinski definition) is 6. The minimum absolute atomic E-state index is 0.490. The van der Waals surface area contributed by atoms with Gasteiger partial charge in [0.25, 0.3) is 0 Å². The van der Waals surface area contributed by atoms with E-state index in [1.54, 1.807) is 21.3 Å². The van der Waals surface area contributed by atoms with Gasteiger partial charge in [-0.2, -0.15) is 0 Å². The second-order valence-electron chi connectivity index (χ2n) is 7.75. The first kappa shape index (κ1) is 23.7. The number of aromatic nitrogens is 3. The molecule has 0 fully saturated rings. The van der Waals surface area contributed by atoms with Gasteiger partial charge in [-0.1, -0.05) is 6.42 Å². The van der Waals surface area contributed by atoms with Crippen molar-refractivity contribution in [2.75, 3.05) is 34.4 Å². The molecule has 3 rings (SSSR count). The summed E-state index contributed by atoms with van der Waals surface area (Å²) in [5.41, 5.74) is 0.975. The van der Waals surface area contributed by atoms with E-state index < -0.39 is 0 Å². The first-order chi connectivity index (χ1) is 15.7. The number of aliphatic imine (C=N–C) groups is 1. The maximum atomic E-state index is 5.44. The van der Waals surface area contributed by atoms with Crippen molar-refractivity contribution in [3.8, 4) is 17.2 Å². The zero-order chi connectivity index (χ0) is 22.8. The fourth-order valence-corrected chi connectivity index (χ4v) is 3.92. The van der Waals surface area contributed by atoms with Crippen LogP contribution >= 0.6 is 0 Å². The van der Waals surface area contributed by atoms with E-state index in [1.165, 1.54) is 19.3 Å². The Labute approximate surface area is 190 Å². The van der Waals surface area contributed by atoms with E-state index in [4.69, 9.17) is 19.2 Å². The van der Waals surface area contributed by atoms with Gasteiger partial charge in [0.2, 0.25) is 5.75 Å². The third-order valence-electron chi connectivity index (χ3n) is 5.54. The van der Waals surface area contributed by atoms with Gasteiger partial charge in [-0.25, -0.2) is 4.99 Å². The molecule has 0 saturated carbocycles. The molecule has 0 amide bonds. The molecule has 2 N–H and O–H groups in total. The molecule has 1 aliphatic rings. The average molecular weight is 445 g/mol. The molecule has 2 aromatic rings. The van der Waals surface area contributed by atoms with Crippen molar-refractivity contribution in [1.82, 2.24) is 25.4 Å². The average Bonchev–Trinajstić information content (AvgIpc) is 3.04. The molecule has 1 aromatic carbocycles. The summed E-state index contributed by atoms with van der Waals surface area (Å²) in [5, 5.41) is 15.5. The van der Waals surface area contributed by atoms with Crippen molar-refractivity contribution in [1.29, 1.82) is 0 Å². The number of guanidine groups is 1. The highest BCUT2D eigenvalue weighted by Gasteiger charge is 2.15. The van der Waals surface area contributed by atoms with Crippen molar-refractivity contribution in [2.24, 2.45) is 4.99 Å². The summed E-state index contributed by atoms with van der Waals surface area (Å²) >= 11 is 0. The molecule has 1 aromatic heterocycles. The van der Waals surface area contributed by atoms with Crippen molar-refractivity contribution in [3.63, 3.8) is 0 Å². The molecular weight excluding hydrogens is 408 g/mol. The molecule has 0 unspecified atom stereocenters. The van der Waals surface area contributed by atoms with Crippen LogP contribution in [-0.2, 0) is 25.9 Å². The molecule has 0 aliphatic carbocycles. The Bertz CT molecular complexity index is 871. The predicted octanol–water partition coefficient (Wildman–Crippen LogP) is 2.72. The van der Waals surface area contributed by atoms with Crippen LogP contribution in [0.2, 0.25) is 0 Å². The molecule has 9 heteroatoms. The van der Waals surface area contributed by atoms with Crippen molar-refractivity contribution >= 4 is 5.96 Å². The molecular formula is C23H36N6O3. The summed E-state index contributed by atoms with van der Waals surface area (Å²) in [5.74, 6) is 4.86. The second kappa shape index (κ2) is 12.2. The Balaban J connectivity index is 1.57. The highest BCUT2D eigenvalue weighted by molar-refractivity contribution is 5.79.